The predicted octanol–water partition coefficient (Wildman–Crippen LogP) is 4.01. The largest absolute Gasteiger partial charge is 0.319 e. The highest BCUT2D eigenvalue weighted by Gasteiger charge is 2.15. The van der Waals surface area contributed by atoms with Crippen molar-refractivity contribution in [3.05, 3.63) is 83.2 Å². The standard InChI is InChI=1S/C20H21N3O/c1-2-17-19(21-20(24)16-11-7-4-8-12-16)18(23-22-17)14-13-15-9-5-3-6-10-15/h3-12H,2,13-14H2,1H3,(H,21,24)(H,22,23). The maximum Gasteiger partial charge on any atom is 0.255 e. The summed E-state index contributed by atoms with van der Waals surface area (Å²) in [5.41, 5.74) is 4.60. The first-order chi connectivity index (χ1) is 11.8. The lowest BCUT2D eigenvalue weighted by Gasteiger charge is -2.08. The van der Waals surface area contributed by atoms with Crippen LogP contribution in [0.25, 0.3) is 0 Å². The van der Waals surface area contributed by atoms with E-state index in [1.807, 2.05) is 55.5 Å². The van der Waals surface area contributed by atoms with Gasteiger partial charge in [-0.1, -0.05) is 55.5 Å². The van der Waals surface area contributed by atoms with Crippen molar-refractivity contribution in [3.8, 4) is 0 Å². The van der Waals surface area contributed by atoms with Crippen LogP contribution >= 0.6 is 0 Å². The minimum Gasteiger partial charge on any atom is -0.319 e. The van der Waals surface area contributed by atoms with Crippen LogP contribution in [0, 0.1) is 0 Å². The van der Waals surface area contributed by atoms with Gasteiger partial charge in [-0.05, 0) is 37.0 Å². The third-order valence-electron chi connectivity index (χ3n) is 4.03. The molecule has 1 aromatic heterocycles. The van der Waals surface area contributed by atoms with Crippen LogP contribution in [0.15, 0.2) is 60.7 Å². The Morgan fingerprint density at radius 3 is 2.33 bits per heavy atom. The maximum atomic E-state index is 12.5. The molecule has 2 N–H and O–H groups in total. The topological polar surface area (TPSA) is 57.8 Å². The van der Waals surface area contributed by atoms with Crippen molar-refractivity contribution < 1.29 is 4.79 Å². The van der Waals surface area contributed by atoms with E-state index in [1.165, 1.54) is 5.56 Å². The highest BCUT2D eigenvalue weighted by Crippen LogP contribution is 2.21. The lowest BCUT2D eigenvalue weighted by atomic mass is 10.1. The Kier molecular flexibility index (Phi) is 5.06. The molecular weight excluding hydrogens is 298 g/mol. The van der Waals surface area contributed by atoms with Gasteiger partial charge in [-0.3, -0.25) is 9.89 Å². The van der Waals surface area contributed by atoms with Crippen LogP contribution in [-0.4, -0.2) is 16.1 Å². The minimum absolute atomic E-state index is 0.104. The number of amides is 1. The fourth-order valence-electron chi connectivity index (χ4n) is 2.69. The molecule has 3 aromatic rings. The molecule has 1 heterocycles. The van der Waals surface area contributed by atoms with Crippen molar-refractivity contribution in [1.29, 1.82) is 0 Å². The summed E-state index contributed by atoms with van der Waals surface area (Å²) >= 11 is 0. The molecule has 4 heteroatoms. The molecular formula is C20H21N3O. The molecule has 0 aliphatic carbocycles. The molecule has 122 valence electrons. The second kappa shape index (κ2) is 7.59. The number of anilines is 1. The normalized spacial score (nSPS) is 10.5. The molecule has 0 aliphatic rings. The molecule has 2 aromatic carbocycles. The van der Waals surface area contributed by atoms with E-state index < -0.39 is 0 Å². The summed E-state index contributed by atoms with van der Waals surface area (Å²) in [6, 6.07) is 19.6. The molecule has 0 saturated heterocycles. The average molecular weight is 319 g/mol. The Labute approximate surface area is 141 Å². The van der Waals surface area contributed by atoms with E-state index in [0.29, 0.717) is 5.56 Å². The first-order valence-corrected chi connectivity index (χ1v) is 8.24. The fourth-order valence-corrected chi connectivity index (χ4v) is 2.69. The van der Waals surface area contributed by atoms with Crippen molar-refractivity contribution in [2.24, 2.45) is 0 Å². The molecule has 0 aliphatic heterocycles. The number of carbonyl (C=O) groups is 1. The quantitative estimate of drug-likeness (QED) is 0.721. The van der Waals surface area contributed by atoms with Crippen molar-refractivity contribution >= 4 is 11.6 Å². The van der Waals surface area contributed by atoms with Crippen LogP contribution in [0.1, 0.15) is 34.2 Å². The Bertz CT molecular complexity index is 794. The number of aromatic nitrogens is 2. The molecule has 1 amide bonds. The zero-order chi connectivity index (χ0) is 16.8. The molecule has 0 spiro atoms. The number of rotatable bonds is 6. The van der Waals surface area contributed by atoms with Gasteiger partial charge in [0.05, 0.1) is 17.1 Å². The third kappa shape index (κ3) is 3.71. The van der Waals surface area contributed by atoms with Gasteiger partial charge in [0.15, 0.2) is 0 Å². The van der Waals surface area contributed by atoms with E-state index >= 15 is 0 Å². The second-order valence-corrected chi connectivity index (χ2v) is 5.68. The van der Waals surface area contributed by atoms with Crippen LogP contribution in [-0.2, 0) is 19.3 Å². The highest BCUT2D eigenvalue weighted by molar-refractivity contribution is 6.04. The van der Waals surface area contributed by atoms with Crippen LogP contribution < -0.4 is 5.32 Å². The molecule has 4 nitrogen and oxygen atoms in total. The summed E-state index contributed by atoms with van der Waals surface area (Å²) in [6.45, 7) is 2.04. The Balaban J connectivity index is 1.76. The summed E-state index contributed by atoms with van der Waals surface area (Å²) in [4.78, 5) is 12.5. The number of aromatic amines is 1. The number of benzene rings is 2. The van der Waals surface area contributed by atoms with Crippen molar-refractivity contribution in [2.75, 3.05) is 5.32 Å². The van der Waals surface area contributed by atoms with Crippen LogP contribution in [0.3, 0.4) is 0 Å². The Morgan fingerprint density at radius 2 is 1.67 bits per heavy atom. The van der Waals surface area contributed by atoms with Gasteiger partial charge < -0.3 is 5.32 Å². The molecule has 0 unspecified atom stereocenters. The number of nitrogens with one attached hydrogen (secondary N) is 2. The monoisotopic (exact) mass is 319 g/mol. The van der Waals surface area contributed by atoms with Crippen LogP contribution in [0.2, 0.25) is 0 Å². The molecule has 0 atom stereocenters. The minimum atomic E-state index is -0.104. The fraction of sp³-hybridized carbons (Fsp3) is 0.200. The smallest absolute Gasteiger partial charge is 0.255 e. The second-order valence-electron chi connectivity index (χ2n) is 5.68. The van der Waals surface area contributed by atoms with Gasteiger partial charge in [-0.15, -0.1) is 0 Å². The molecule has 3 rings (SSSR count). The number of aryl methyl sites for hydroxylation is 3. The average Bonchev–Trinajstić information content (AvgIpc) is 3.03. The van der Waals surface area contributed by atoms with E-state index in [-0.39, 0.29) is 5.91 Å². The molecule has 0 radical (unpaired) electrons. The Hall–Kier alpha value is -2.88. The van der Waals surface area contributed by atoms with E-state index in [4.69, 9.17) is 0 Å². The molecule has 24 heavy (non-hydrogen) atoms. The predicted molar refractivity (Wildman–Crippen MR) is 96.2 cm³/mol. The summed E-state index contributed by atoms with van der Waals surface area (Å²) in [6.07, 6.45) is 2.48. The molecule has 0 saturated carbocycles. The van der Waals surface area contributed by atoms with Gasteiger partial charge in [-0.25, -0.2) is 0 Å². The maximum absolute atomic E-state index is 12.5. The SMILES string of the molecule is CCc1n[nH]c(CCc2ccccc2)c1NC(=O)c1ccccc1. The van der Waals surface area contributed by atoms with Crippen molar-refractivity contribution in [2.45, 2.75) is 26.2 Å². The van der Waals surface area contributed by atoms with Crippen LogP contribution in [0.4, 0.5) is 5.69 Å². The van der Waals surface area contributed by atoms with E-state index in [0.717, 1.165) is 36.3 Å². The van der Waals surface area contributed by atoms with E-state index in [9.17, 15) is 4.79 Å². The Morgan fingerprint density at radius 1 is 1.00 bits per heavy atom. The summed E-state index contributed by atoms with van der Waals surface area (Å²) < 4.78 is 0. The first kappa shape index (κ1) is 16.0. The van der Waals surface area contributed by atoms with E-state index in [1.54, 1.807) is 0 Å². The number of hydrogen-bond acceptors (Lipinski definition) is 2. The third-order valence-corrected chi connectivity index (χ3v) is 4.03. The summed E-state index contributed by atoms with van der Waals surface area (Å²) in [5, 5.41) is 10.5. The van der Waals surface area contributed by atoms with Gasteiger partial charge in [0.1, 0.15) is 0 Å². The first-order valence-electron chi connectivity index (χ1n) is 8.24. The van der Waals surface area contributed by atoms with Crippen molar-refractivity contribution in [3.63, 3.8) is 0 Å². The summed E-state index contributed by atoms with van der Waals surface area (Å²) in [7, 11) is 0. The molecule has 0 bridgehead atoms. The van der Waals surface area contributed by atoms with Gasteiger partial charge in [0.25, 0.3) is 5.91 Å². The number of carbonyl (C=O) groups excluding carboxylic acids is 1. The number of nitrogens with zero attached hydrogens (tertiary/aromatic N) is 1. The summed E-state index contributed by atoms with van der Waals surface area (Å²) in [5.74, 6) is -0.104. The van der Waals surface area contributed by atoms with Gasteiger partial charge >= 0.3 is 0 Å². The number of hydrogen-bond donors (Lipinski definition) is 2. The zero-order valence-electron chi connectivity index (χ0n) is 13.8. The van der Waals surface area contributed by atoms with Gasteiger partial charge in [0.2, 0.25) is 0 Å². The van der Waals surface area contributed by atoms with Gasteiger partial charge in [-0.2, -0.15) is 5.10 Å². The lowest BCUT2D eigenvalue weighted by molar-refractivity contribution is 0.102. The highest BCUT2D eigenvalue weighted by atomic mass is 16.1. The van der Waals surface area contributed by atoms with E-state index in [2.05, 4.69) is 27.6 Å². The molecule has 0 fully saturated rings. The van der Waals surface area contributed by atoms with Gasteiger partial charge in [0, 0.05) is 5.56 Å². The zero-order valence-corrected chi connectivity index (χ0v) is 13.8. The van der Waals surface area contributed by atoms with Crippen molar-refractivity contribution in [1.82, 2.24) is 10.2 Å². The van der Waals surface area contributed by atoms with Crippen LogP contribution in [0.5, 0.6) is 0 Å². The number of H-pyrrole nitrogens is 1. The lowest BCUT2D eigenvalue weighted by Crippen LogP contribution is -2.14.